The van der Waals surface area contributed by atoms with Gasteiger partial charge in [0.1, 0.15) is 5.75 Å². The maximum atomic E-state index is 12.3. The Morgan fingerprint density at radius 2 is 1.88 bits per heavy atom. The molecule has 0 saturated heterocycles. The van der Waals surface area contributed by atoms with Gasteiger partial charge in [0.2, 0.25) is 11.8 Å². The molecule has 0 atom stereocenters. The number of alkyl halides is 2. The molecule has 0 aliphatic carbocycles. The number of thiazole rings is 1. The SMILES string of the molecule is CC(=O)N(c1ccccc1)c1nc(/C=C2/N=C(c3ccc(OC(F)F)cc3)OC2=O)cs1. The molecule has 0 N–H and O–H groups in total. The first-order valence-electron chi connectivity index (χ1n) is 9.30. The van der Waals surface area contributed by atoms with Crippen molar-refractivity contribution in [2.45, 2.75) is 13.5 Å². The fraction of sp³-hybridized carbons (Fsp3) is 0.0909. The number of carbonyl (C=O) groups excluding carboxylic acids is 2. The Morgan fingerprint density at radius 3 is 2.53 bits per heavy atom. The first kappa shape index (κ1) is 21.3. The first-order chi connectivity index (χ1) is 15.4. The van der Waals surface area contributed by atoms with Crippen molar-refractivity contribution in [1.29, 1.82) is 0 Å². The summed E-state index contributed by atoms with van der Waals surface area (Å²) in [5.74, 6) is -0.860. The fourth-order valence-corrected chi connectivity index (χ4v) is 3.75. The van der Waals surface area contributed by atoms with E-state index in [1.165, 1.54) is 53.5 Å². The Hall–Kier alpha value is -3.92. The minimum absolute atomic E-state index is 0.0205. The van der Waals surface area contributed by atoms with Crippen molar-refractivity contribution in [2.75, 3.05) is 4.90 Å². The number of halogens is 2. The van der Waals surface area contributed by atoms with Crippen LogP contribution in [0.4, 0.5) is 19.6 Å². The van der Waals surface area contributed by atoms with Gasteiger partial charge in [-0.3, -0.25) is 9.69 Å². The van der Waals surface area contributed by atoms with Crippen LogP contribution in [0.2, 0.25) is 0 Å². The van der Waals surface area contributed by atoms with Gasteiger partial charge in [0.25, 0.3) is 0 Å². The van der Waals surface area contributed by atoms with Crippen LogP contribution in [-0.4, -0.2) is 29.4 Å². The van der Waals surface area contributed by atoms with E-state index in [9.17, 15) is 18.4 Å². The number of aromatic nitrogens is 1. The van der Waals surface area contributed by atoms with E-state index in [1.807, 2.05) is 18.2 Å². The average Bonchev–Trinajstić information content (AvgIpc) is 3.36. The molecule has 162 valence electrons. The van der Waals surface area contributed by atoms with Crippen LogP contribution in [0, 0.1) is 0 Å². The minimum Gasteiger partial charge on any atom is -0.435 e. The third kappa shape index (κ3) is 4.70. The number of hydrogen-bond donors (Lipinski definition) is 0. The lowest BCUT2D eigenvalue weighted by atomic mass is 10.2. The second kappa shape index (κ2) is 9.06. The number of amides is 1. The van der Waals surface area contributed by atoms with Gasteiger partial charge in [0.05, 0.1) is 11.4 Å². The first-order valence-corrected chi connectivity index (χ1v) is 10.2. The van der Waals surface area contributed by atoms with Crippen molar-refractivity contribution in [1.82, 2.24) is 4.98 Å². The zero-order chi connectivity index (χ0) is 22.7. The van der Waals surface area contributed by atoms with Crippen molar-refractivity contribution in [2.24, 2.45) is 4.99 Å². The topological polar surface area (TPSA) is 81.1 Å². The normalized spacial score (nSPS) is 14.4. The van der Waals surface area contributed by atoms with Crippen LogP contribution in [0.3, 0.4) is 0 Å². The van der Waals surface area contributed by atoms with Crippen LogP contribution in [-0.2, 0) is 14.3 Å². The van der Waals surface area contributed by atoms with Gasteiger partial charge in [-0.2, -0.15) is 8.78 Å². The van der Waals surface area contributed by atoms with E-state index in [0.717, 1.165) is 0 Å². The Bertz CT molecular complexity index is 1210. The summed E-state index contributed by atoms with van der Waals surface area (Å²) < 4.78 is 34.0. The summed E-state index contributed by atoms with van der Waals surface area (Å²) in [6, 6.07) is 14.6. The largest absolute Gasteiger partial charge is 0.435 e. The van der Waals surface area contributed by atoms with Gasteiger partial charge in [0.15, 0.2) is 10.8 Å². The Kier molecular flexibility index (Phi) is 6.04. The molecule has 32 heavy (non-hydrogen) atoms. The second-order valence-corrected chi connectivity index (χ2v) is 7.32. The third-order valence-corrected chi connectivity index (χ3v) is 5.11. The Balaban J connectivity index is 1.56. The molecule has 0 saturated carbocycles. The molecule has 1 aliphatic heterocycles. The number of aliphatic imine (C=N–C) groups is 1. The number of rotatable bonds is 6. The number of nitrogens with zero attached hydrogens (tertiary/aromatic N) is 3. The lowest BCUT2D eigenvalue weighted by Gasteiger charge is -2.17. The number of hydrogen-bond acceptors (Lipinski definition) is 7. The van der Waals surface area contributed by atoms with Gasteiger partial charge in [-0.25, -0.2) is 14.8 Å². The van der Waals surface area contributed by atoms with E-state index in [4.69, 9.17) is 4.74 Å². The van der Waals surface area contributed by atoms with Gasteiger partial charge in [-0.1, -0.05) is 18.2 Å². The standard InChI is InChI=1S/C22H15F2N3O4S/c1-13(28)27(16-5-3-2-4-6-16)22-25-15(12-32-22)11-18-20(29)31-19(26-18)14-7-9-17(10-8-14)30-21(23)24/h2-12,21H,1H3/b18-11+. The van der Waals surface area contributed by atoms with E-state index in [0.29, 0.717) is 22.1 Å². The third-order valence-electron chi connectivity index (χ3n) is 4.26. The lowest BCUT2D eigenvalue weighted by Crippen LogP contribution is -2.22. The van der Waals surface area contributed by atoms with Crippen LogP contribution in [0.5, 0.6) is 5.75 Å². The van der Waals surface area contributed by atoms with Crippen LogP contribution in [0.1, 0.15) is 18.2 Å². The maximum Gasteiger partial charge on any atom is 0.387 e. The lowest BCUT2D eigenvalue weighted by molar-refractivity contribution is -0.130. The van der Waals surface area contributed by atoms with Crippen molar-refractivity contribution in [3.05, 3.63) is 76.9 Å². The Labute approximate surface area is 185 Å². The highest BCUT2D eigenvalue weighted by Gasteiger charge is 2.25. The summed E-state index contributed by atoms with van der Waals surface area (Å²) in [6.45, 7) is -1.49. The van der Waals surface area contributed by atoms with Crippen molar-refractivity contribution >= 4 is 46.0 Å². The number of anilines is 2. The minimum atomic E-state index is -2.93. The van der Waals surface area contributed by atoms with E-state index >= 15 is 0 Å². The van der Waals surface area contributed by atoms with Crippen LogP contribution < -0.4 is 9.64 Å². The number of benzene rings is 2. The van der Waals surface area contributed by atoms with Crippen LogP contribution in [0.15, 0.2) is 70.7 Å². The molecule has 0 fully saturated rings. The van der Waals surface area contributed by atoms with Gasteiger partial charge in [-0.15, -0.1) is 11.3 Å². The predicted octanol–water partition coefficient (Wildman–Crippen LogP) is 4.77. The maximum absolute atomic E-state index is 12.3. The molecule has 1 aromatic heterocycles. The van der Waals surface area contributed by atoms with E-state index < -0.39 is 12.6 Å². The smallest absolute Gasteiger partial charge is 0.387 e. The van der Waals surface area contributed by atoms with Crippen molar-refractivity contribution in [3.8, 4) is 5.75 Å². The molecule has 0 bridgehead atoms. The summed E-state index contributed by atoms with van der Waals surface area (Å²) in [4.78, 5) is 34.5. The number of carbonyl (C=O) groups is 2. The second-order valence-electron chi connectivity index (χ2n) is 6.48. The molecule has 1 aliphatic rings. The number of para-hydroxylation sites is 1. The summed E-state index contributed by atoms with van der Waals surface area (Å²) in [6.07, 6.45) is 1.45. The van der Waals surface area contributed by atoms with Crippen LogP contribution in [0.25, 0.3) is 6.08 Å². The fourth-order valence-electron chi connectivity index (χ4n) is 2.90. The predicted molar refractivity (Wildman–Crippen MR) is 115 cm³/mol. The van der Waals surface area contributed by atoms with Crippen molar-refractivity contribution < 1.29 is 27.8 Å². The van der Waals surface area contributed by atoms with Gasteiger partial charge in [-0.05, 0) is 42.5 Å². The molecule has 0 spiro atoms. The van der Waals surface area contributed by atoms with E-state index in [1.54, 1.807) is 17.5 Å². The van der Waals surface area contributed by atoms with Gasteiger partial charge in [0, 0.05) is 17.9 Å². The molecule has 3 aromatic rings. The molecule has 2 aromatic carbocycles. The van der Waals surface area contributed by atoms with Crippen LogP contribution >= 0.6 is 11.3 Å². The van der Waals surface area contributed by atoms with Crippen molar-refractivity contribution in [3.63, 3.8) is 0 Å². The van der Waals surface area contributed by atoms with Gasteiger partial charge >= 0.3 is 12.6 Å². The average molecular weight is 455 g/mol. The van der Waals surface area contributed by atoms with E-state index in [-0.39, 0.29) is 23.3 Å². The monoisotopic (exact) mass is 455 g/mol. The molecular weight excluding hydrogens is 440 g/mol. The molecule has 0 unspecified atom stereocenters. The summed E-state index contributed by atoms with van der Waals surface area (Å²) in [7, 11) is 0. The Morgan fingerprint density at radius 1 is 1.16 bits per heavy atom. The summed E-state index contributed by atoms with van der Waals surface area (Å²) in [5, 5.41) is 2.14. The number of cyclic esters (lactones) is 1. The molecule has 7 nitrogen and oxygen atoms in total. The molecule has 4 rings (SSSR count). The summed E-state index contributed by atoms with van der Waals surface area (Å²) in [5.41, 5.74) is 1.56. The zero-order valence-electron chi connectivity index (χ0n) is 16.6. The molecular formula is C22H15F2N3O4S. The van der Waals surface area contributed by atoms with Gasteiger partial charge < -0.3 is 9.47 Å². The molecule has 2 heterocycles. The summed E-state index contributed by atoms with van der Waals surface area (Å²) >= 11 is 1.24. The molecule has 10 heteroatoms. The highest BCUT2D eigenvalue weighted by atomic mass is 32.1. The van der Waals surface area contributed by atoms with E-state index in [2.05, 4.69) is 14.7 Å². The highest BCUT2D eigenvalue weighted by molar-refractivity contribution is 7.14. The number of esters is 1. The molecule has 1 amide bonds. The highest BCUT2D eigenvalue weighted by Crippen LogP contribution is 2.30. The molecule has 0 radical (unpaired) electrons. The zero-order valence-corrected chi connectivity index (χ0v) is 17.4. The number of ether oxygens (including phenoxy) is 2. The quantitative estimate of drug-likeness (QED) is 0.395.